The van der Waals surface area contributed by atoms with Crippen molar-refractivity contribution < 1.29 is 5.11 Å². The summed E-state index contributed by atoms with van der Waals surface area (Å²) in [5, 5.41) is 15.5. The predicted octanol–water partition coefficient (Wildman–Crippen LogP) is 4.13. The molecule has 1 aromatic carbocycles. The van der Waals surface area contributed by atoms with E-state index in [1.54, 1.807) is 10.9 Å². The molecule has 0 saturated carbocycles. The second-order valence-electron chi connectivity index (χ2n) is 7.55. The van der Waals surface area contributed by atoms with E-state index in [-0.39, 0.29) is 5.88 Å². The van der Waals surface area contributed by atoms with Gasteiger partial charge in [0.15, 0.2) is 5.82 Å². The summed E-state index contributed by atoms with van der Waals surface area (Å²) in [7, 11) is 0. The van der Waals surface area contributed by atoms with Crippen molar-refractivity contribution in [2.75, 3.05) is 6.54 Å². The van der Waals surface area contributed by atoms with Crippen LogP contribution in [0.4, 0.5) is 0 Å². The Labute approximate surface area is 166 Å². The fraction of sp³-hybridized carbons (Fsp3) is 0.391. The number of aromatic nitrogens is 3. The zero-order valence-corrected chi connectivity index (χ0v) is 16.5. The Morgan fingerprint density at radius 2 is 1.96 bits per heavy atom. The molecule has 0 bridgehead atoms. The van der Waals surface area contributed by atoms with Crippen LogP contribution in [-0.4, -0.2) is 37.4 Å². The van der Waals surface area contributed by atoms with Crippen molar-refractivity contribution in [1.29, 1.82) is 0 Å². The average Bonchev–Trinajstić information content (AvgIpc) is 3.08. The lowest BCUT2D eigenvalue weighted by Gasteiger charge is -2.34. The minimum absolute atomic E-state index is 0.244. The van der Waals surface area contributed by atoms with E-state index in [1.807, 2.05) is 18.2 Å². The van der Waals surface area contributed by atoms with Crippen LogP contribution >= 0.6 is 0 Å². The van der Waals surface area contributed by atoms with Crippen molar-refractivity contribution in [3.05, 3.63) is 71.5 Å². The zero-order valence-electron chi connectivity index (χ0n) is 16.5. The van der Waals surface area contributed by atoms with E-state index in [0.29, 0.717) is 11.9 Å². The molecule has 28 heavy (non-hydrogen) atoms. The van der Waals surface area contributed by atoms with Crippen molar-refractivity contribution in [2.24, 2.45) is 0 Å². The number of pyridine rings is 1. The second kappa shape index (κ2) is 8.57. The third-order valence-corrected chi connectivity index (χ3v) is 5.60. The van der Waals surface area contributed by atoms with Crippen molar-refractivity contribution in [3.63, 3.8) is 0 Å². The maximum atomic E-state index is 10.8. The number of aryl methyl sites for hydroxylation is 1. The maximum Gasteiger partial charge on any atom is 0.219 e. The van der Waals surface area contributed by atoms with Crippen LogP contribution in [0, 0.1) is 0 Å². The Morgan fingerprint density at radius 1 is 1.14 bits per heavy atom. The van der Waals surface area contributed by atoms with Gasteiger partial charge in [0.05, 0.1) is 5.69 Å². The van der Waals surface area contributed by atoms with Gasteiger partial charge in [0, 0.05) is 24.3 Å². The summed E-state index contributed by atoms with van der Waals surface area (Å²) in [4.78, 5) is 6.92. The van der Waals surface area contributed by atoms with E-state index in [9.17, 15) is 5.11 Å². The Kier molecular flexibility index (Phi) is 5.72. The van der Waals surface area contributed by atoms with Crippen molar-refractivity contribution >= 4 is 0 Å². The van der Waals surface area contributed by atoms with E-state index in [2.05, 4.69) is 52.2 Å². The maximum absolute atomic E-state index is 10.8. The molecule has 1 atom stereocenters. The highest BCUT2D eigenvalue weighted by Crippen LogP contribution is 2.32. The largest absolute Gasteiger partial charge is 0.493 e. The average molecular weight is 377 g/mol. The molecule has 0 spiro atoms. The molecule has 4 rings (SSSR count). The molecule has 1 unspecified atom stereocenters. The lowest BCUT2D eigenvalue weighted by molar-refractivity contribution is 0.167. The summed E-state index contributed by atoms with van der Waals surface area (Å²) in [6.45, 7) is 4.28. The number of hydrogen-bond donors (Lipinski definition) is 1. The number of hydrogen-bond acceptors (Lipinski definition) is 4. The molecule has 5 heteroatoms. The number of fused-ring (bicyclic) bond motifs is 1. The van der Waals surface area contributed by atoms with Gasteiger partial charge >= 0.3 is 0 Å². The van der Waals surface area contributed by atoms with Gasteiger partial charge in [-0.15, -0.1) is 0 Å². The van der Waals surface area contributed by atoms with Gasteiger partial charge in [0.1, 0.15) is 0 Å². The first kappa shape index (κ1) is 18.7. The van der Waals surface area contributed by atoms with E-state index < -0.39 is 0 Å². The standard InChI is InChI=1S/C23H28N4O/c1-2-3-15-26(17-18-9-5-4-6-10-18)19-12-13-21-20(16-19)23(28)27(25-21)22-11-7-8-14-24-22/h4-11,14,19,28H,2-3,12-13,15-17H2,1H3. The number of benzene rings is 1. The van der Waals surface area contributed by atoms with Gasteiger partial charge in [-0.2, -0.15) is 9.78 Å². The molecule has 2 aromatic heterocycles. The third kappa shape index (κ3) is 3.94. The first-order chi connectivity index (χ1) is 13.8. The number of unbranched alkanes of at least 4 members (excludes halogenated alkanes) is 1. The third-order valence-electron chi connectivity index (χ3n) is 5.60. The quantitative estimate of drug-likeness (QED) is 0.674. The van der Waals surface area contributed by atoms with Gasteiger partial charge in [-0.3, -0.25) is 4.90 Å². The van der Waals surface area contributed by atoms with E-state index in [1.165, 1.54) is 18.4 Å². The molecule has 0 radical (unpaired) electrons. The van der Waals surface area contributed by atoms with E-state index in [4.69, 9.17) is 0 Å². The van der Waals surface area contributed by atoms with Gasteiger partial charge in [0.2, 0.25) is 5.88 Å². The molecule has 0 amide bonds. The lowest BCUT2D eigenvalue weighted by atomic mass is 9.91. The highest BCUT2D eigenvalue weighted by atomic mass is 16.3. The smallest absolute Gasteiger partial charge is 0.219 e. The van der Waals surface area contributed by atoms with Crippen molar-refractivity contribution in [1.82, 2.24) is 19.7 Å². The van der Waals surface area contributed by atoms with Gasteiger partial charge in [0.25, 0.3) is 0 Å². The zero-order chi connectivity index (χ0) is 19.3. The van der Waals surface area contributed by atoms with Crippen LogP contribution in [0.2, 0.25) is 0 Å². The summed E-state index contributed by atoms with van der Waals surface area (Å²) in [5.74, 6) is 0.909. The lowest BCUT2D eigenvalue weighted by Crippen LogP contribution is -2.39. The van der Waals surface area contributed by atoms with Gasteiger partial charge < -0.3 is 5.11 Å². The van der Waals surface area contributed by atoms with Crippen LogP contribution in [0.1, 0.15) is 43.0 Å². The molecule has 5 nitrogen and oxygen atoms in total. The minimum Gasteiger partial charge on any atom is -0.493 e. The summed E-state index contributed by atoms with van der Waals surface area (Å²) in [6, 6.07) is 16.8. The summed E-state index contributed by atoms with van der Waals surface area (Å²) < 4.78 is 1.58. The summed E-state index contributed by atoms with van der Waals surface area (Å²) in [5.41, 5.74) is 3.34. The first-order valence-corrected chi connectivity index (χ1v) is 10.3. The Balaban J connectivity index is 1.56. The molecular weight excluding hydrogens is 348 g/mol. The van der Waals surface area contributed by atoms with Crippen LogP contribution in [-0.2, 0) is 19.4 Å². The molecule has 0 aliphatic heterocycles. The van der Waals surface area contributed by atoms with E-state index in [0.717, 1.165) is 43.6 Å². The van der Waals surface area contributed by atoms with Gasteiger partial charge in [-0.25, -0.2) is 4.98 Å². The van der Waals surface area contributed by atoms with Crippen molar-refractivity contribution in [3.8, 4) is 11.7 Å². The van der Waals surface area contributed by atoms with Crippen LogP contribution < -0.4 is 0 Å². The summed E-state index contributed by atoms with van der Waals surface area (Å²) >= 11 is 0. The molecule has 1 aliphatic carbocycles. The van der Waals surface area contributed by atoms with Crippen LogP contribution in [0.25, 0.3) is 5.82 Å². The molecule has 3 aromatic rings. The first-order valence-electron chi connectivity index (χ1n) is 10.3. The molecular formula is C23H28N4O. The van der Waals surface area contributed by atoms with Crippen LogP contribution in [0.15, 0.2) is 54.7 Å². The Bertz CT molecular complexity index is 892. The fourth-order valence-electron chi connectivity index (χ4n) is 4.06. The number of aromatic hydroxyl groups is 1. The summed E-state index contributed by atoms with van der Waals surface area (Å²) in [6.07, 6.45) is 6.91. The SMILES string of the molecule is CCCCN(Cc1ccccc1)C1CCc2nn(-c3ccccn3)c(O)c2C1. The molecule has 1 N–H and O–H groups in total. The van der Waals surface area contributed by atoms with Gasteiger partial charge in [-0.05, 0) is 49.9 Å². The minimum atomic E-state index is 0.244. The van der Waals surface area contributed by atoms with Crippen LogP contribution in [0.3, 0.4) is 0 Å². The van der Waals surface area contributed by atoms with Crippen LogP contribution in [0.5, 0.6) is 5.88 Å². The van der Waals surface area contributed by atoms with Gasteiger partial charge in [-0.1, -0.05) is 49.7 Å². The second-order valence-corrected chi connectivity index (χ2v) is 7.55. The Morgan fingerprint density at radius 3 is 2.71 bits per heavy atom. The highest BCUT2D eigenvalue weighted by Gasteiger charge is 2.30. The number of rotatable bonds is 7. The predicted molar refractivity (Wildman–Crippen MR) is 111 cm³/mol. The monoisotopic (exact) mass is 376 g/mol. The molecule has 0 fully saturated rings. The normalized spacial score (nSPS) is 16.3. The molecule has 0 saturated heterocycles. The molecule has 2 heterocycles. The Hall–Kier alpha value is -2.66. The number of nitrogens with zero attached hydrogens (tertiary/aromatic N) is 4. The highest BCUT2D eigenvalue weighted by molar-refractivity contribution is 5.39. The molecule has 1 aliphatic rings. The van der Waals surface area contributed by atoms with E-state index >= 15 is 0 Å². The molecule has 146 valence electrons. The topological polar surface area (TPSA) is 54.2 Å². The fourth-order valence-corrected chi connectivity index (χ4v) is 4.06. The van der Waals surface area contributed by atoms with Crippen molar-refractivity contribution in [2.45, 2.75) is 51.6 Å².